The number of hydrogen-bond donors (Lipinski definition) is 3. The van der Waals surface area contributed by atoms with Gasteiger partial charge in [0.2, 0.25) is 5.91 Å². The molecule has 0 spiro atoms. The molecule has 13 heteroatoms. The van der Waals surface area contributed by atoms with E-state index in [1.807, 2.05) is 0 Å². The average Bonchev–Trinajstić information content (AvgIpc) is 2.92. The number of esters is 1. The second-order valence-corrected chi connectivity index (χ2v) is 5.68. The molecule has 2 rings (SSSR count). The molecular formula is C14H16F3N3O7. The number of carbonyl (C=O) groups excluding carboxylic acids is 2. The minimum absolute atomic E-state index is 0.136. The number of alkyl halides is 3. The minimum atomic E-state index is -4.78. The number of ether oxygens (including phenoxy) is 2. The van der Waals surface area contributed by atoms with Gasteiger partial charge in [0.15, 0.2) is 12.4 Å². The first kappa shape index (κ1) is 20.8. The average molecular weight is 395 g/mol. The highest BCUT2D eigenvalue weighted by Crippen LogP contribution is 2.28. The summed E-state index contributed by atoms with van der Waals surface area (Å²) in [5.74, 6) is -2.78. The van der Waals surface area contributed by atoms with Crippen molar-refractivity contribution >= 4 is 17.7 Å². The second kappa shape index (κ2) is 8.02. The van der Waals surface area contributed by atoms with Gasteiger partial charge < -0.3 is 25.0 Å². The van der Waals surface area contributed by atoms with Gasteiger partial charge in [-0.3, -0.25) is 9.36 Å². The maximum atomic E-state index is 12.3. The fourth-order valence-corrected chi connectivity index (χ4v) is 2.36. The van der Waals surface area contributed by atoms with Crippen LogP contribution in [0.1, 0.15) is 29.9 Å². The summed E-state index contributed by atoms with van der Waals surface area (Å²) in [7, 11) is 0. The van der Waals surface area contributed by atoms with E-state index in [0.717, 1.165) is 17.7 Å². The number of rotatable bonds is 5. The number of carbonyl (C=O) groups is 2. The molecule has 1 aliphatic heterocycles. The van der Waals surface area contributed by atoms with E-state index in [0.29, 0.717) is 0 Å². The normalized spacial score (nSPS) is 22.5. The highest BCUT2D eigenvalue weighted by atomic mass is 19.4. The number of hydrogen-bond acceptors (Lipinski definition) is 8. The standard InChI is InChI=1S/C14H16F3N3O7/c1-6(22)18-11-7(12(24)26-5-14(15,16)17)3-20(13(25)19-11)10-2-8(23)9(4-21)27-10/h3,8-10,21,23H,2,4-5H2,1H3,(H,18,19,22,25)/t8-,9+,10+/m0/s1. The molecule has 1 aliphatic rings. The Labute approximate surface area is 149 Å². The van der Waals surface area contributed by atoms with Crippen molar-refractivity contribution in [2.45, 2.75) is 38.0 Å². The van der Waals surface area contributed by atoms with Crippen LogP contribution in [0.3, 0.4) is 0 Å². The minimum Gasteiger partial charge on any atom is -0.452 e. The Balaban J connectivity index is 2.38. The van der Waals surface area contributed by atoms with Gasteiger partial charge in [-0.1, -0.05) is 0 Å². The number of nitrogens with zero attached hydrogens (tertiary/aromatic N) is 2. The van der Waals surface area contributed by atoms with Crippen LogP contribution in [0.15, 0.2) is 11.0 Å². The van der Waals surface area contributed by atoms with Crippen molar-refractivity contribution in [1.29, 1.82) is 0 Å². The van der Waals surface area contributed by atoms with Crippen LogP contribution in [0, 0.1) is 0 Å². The van der Waals surface area contributed by atoms with Crippen LogP contribution in [0.2, 0.25) is 0 Å². The zero-order valence-electron chi connectivity index (χ0n) is 13.9. The highest BCUT2D eigenvalue weighted by molar-refractivity contribution is 5.99. The molecule has 1 saturated heterocycles. The topological polar surface area (TPSA) is 140 Å². The van der Waals surface area contributed by atoms with E-state index in [1.54, 1.807) is 0 Å². The van der Waals surface area contributed by atoms with Gasteiger partial charge in [0.05, 0.1) is 12.7 Å². The van der Waals surface area contributed by atoms with Gasteiger partial charge in [-0.15, -0.1) is 0 Å². The molecule has 3 N–H and O–H groups in total. The van der Waals surface area contributed by atoms with E-state index in [-0.39, 0.29) is 6.42 Å². The van der Waals surface area contributed by atoms with Gasteiger partial charge in [-0.05, 0) is 0 Å². The molecule has 0 aromatic carbocycles. The molecule has 2 heterocycles. The van der Waals surface area contributed by atoms with Crippen LogP contribution in [0.5, 0.6) is 0 Å². The van der Waals surface area contributed by atoms with E-state index in [4.69, 9.17) is 9.84 Å². The van der Waals surface area contributed by atoms with Crippen molar-refractivity contribution in [2.75, 3.05) is 18.5 Å². The molecule has 10 nitrogen and oxygen atoms in total. The fraction of sp³-hybridized carbons (Fsp3) is 0.571. The molecule has 1 aromatic heterocycles. The Morgan fingerprint density at radius 3 is 2.67 bits per heavy atom. The molecule has 0 saturated carbocycles. The molecule has 0 aliphatic carbocycles. The van der Waals surface area contributed by atoms with E-state index in [1.165, 1.54) is 0 Å². The number of amides is 1. The van der Waals surface area contributed by atoms with Crippen molar-refractivity contribution in [2.24, 2.45) is 0 Å². The van der Waals surface area contributed by atoms with Gasteiger partial charge in [-0.2, -0.15) is 18.2 Å². The molecule has 1 aromatic rings. The molecular weight excluding hydrogens is 379 g/mol. The second-order valence-electron chi connectivity index (χ2n) is 5.68. The Morgan fingerprint density at radius 2 is 2.15 bits per heavy atom. The zero-order valence-corrected chi connectivity index (χ0v) is 13.9. The van der Waals surface area contributed by atoms with Crippen LogP contribution >= 0.6 is 0 Å². The summed E-state index contributed by atoms with van der Waals surface area (Å²) in [6.45, 7) is -1.37. The molecule has 1 fully saturated rings. The largest absolute Gasteiger partial charge is 0.452 e. The quantitative estimate of drug-likeness (QED) is 0.570. The third-order valence-corrected chi connectivity index (χ3v) is 3.53. The van der Waals surface area contributed by atoms with Crippen LogP contribution in [0.4, 0.5) is 19.0 Å². The van der Waals surface area contributed by atoms with Crippen molar-refractivity contribution in [3.8, 4) is 0 Å². The number of nitrogens with one attached hydrogen (secondary N) is 1. The fourth-order valence-electron chi connectivity index (χ4n) is 2.36. The predicted molar refractivity (Wildman–Crippen MR) is 80.8 cm³/mol. The first-order chi connectivity index (χ1) is 12.5. The van der Waals surface area contributed by atoms with Crippen molar-refractivity contribution < 1.29 is 42.4 Å². The lowest BCUT2D eigenvalue weighted by Gasteiger charge is -2.17. The lowest BCUT2D eigenvalue weighted by atomic mass is 10.2. The number of aliphatic hydroxyl groups excluding tert-OH is 2. The maximum absolute atomic E-state index is 12.3. The van der Waals surface area contributed by atoms with Crippen LogP contribution in [-0.2, 0) is 14.3 Å². The van der Waals surface area contributed by atoms with Gasteiger partial charge in [0.1, 0.15) is 17.9 Å². The summed E-state index contributed by atoms with van der Waals surface area (Å²) in [6.07, 6.45) is -7.32. The van der Waals surface area contributed by atoms with Crippen molar-refractivity contribution in [3.05, 3.63) is 22.2 Å². The molecule has 0 radical (unpaired) electrons. The summed E-state index contributed by atoms with van der Waals surface area (Å²) in [5.41, 5.74) is -1.61. The Bertz CT molecular complexity index is 780. The molecule has 3 atom stereocenters. The molecule has 27 heavy (non-hydrogen) atoms. The van der Waals surface area contributed by atoms with Gasteiger partial charge >= 0.3 is 17.8 Å². The molecule has 1 amide bonds. The van der Waals surface area contributed by atoms with E-state index in [2.05, 4.69) is 15.0 Å². The lowest BCUT2D eigenvalue weighted by molar-refractivity contribution is -0.161. The van der Waals surface area contributed by atoms with Crippen LogP contribution in [0.25, 0.3) is 0 Å². The first-order valence-corrected chi connectivity index (χ1v) is 7.61. The van der Waals surface area contributed by atoms with Crippen LogP contribution in [-0.4, -0.2) is 63.2 Å². The highest BCUT2D eigenvalue weighted by Gasteiger charge is 2.36. The Kier molecular flexibility index (Phi) is 6.18. The maximum Gasteiger partial charge on any atom is 0.422 e. The van der Waals surface area contributed by atoms with E-state index >= 15 is 0 Å². The third-order valence-electron chi connectivity index (χ3n) is 3.53. The van der Waals surface area contributed by atoms with Crippen molar-refractivity contribution in [3.63, 3.8) is 0 Å². The summed E-state index contributed by atoms with van der Waals surface area (Å²) >= 11 is 0. The van der Waals surface area contributed by atoms with E-state index in [9.17, 15) is 32.7 Å². The third kappa shape index (κ3) is 5.24. The molecule has 0 unspecified atom stereocenters. The molecule has 150 valence electrons. The van der Waals surface area contributed by atoms with Crippen molar-refractivity contribution in [1.82, 2.24) is 9.55 Å². The monoisotopic (exact) mass is 395 g/mol. The van der Waals surface area contributed by atoms with E-state index < -0.39 is 66.8 Å². The SMILES string of the molecule is CC(=O)Nc1nc(=O)n([C@H]2C[C@H](O)[C@@H](CO)O2)cc1C(=O)OCC(F)(F)F. The number of halogens is 3. The van der Waals surface area contributed by atoms with Gasteiger partial charge in [0, 0.05) is 19.5 Å². The van der Waals surface area contributed by atoms with Gasteiger partial charge in [0.25, 0.3) is 0 Å². The smallest absolute Gasteiger partial charge is 0.422 e. The predicted octanol–water partition coefficient (Wildman–Crippen LogP) is -0.439. The molecule has 0 bridgehead atoms. The summed E-state index contributed by atoms with van der Waals surface area (Å²) in [6, 6.07) is 0. The lowest BCUT2D eigenvalue weighted by Crippen LogP contribution is -2.31. The Morgan fingerprint density at radius 1 is 1.48 bits per heavy atom. The summed E-state index contributed by atoms with van der Waals surface area (Å²) in [4.78, 5) is 38.8. The Hall–Kier alpha value is -2.51. The summed E-state index contributed by atoms with van der Waals surface area (Å²) in [5, 5.41) is 20.9. The number of aliphatic hydroxyl groups is 2. The summed E-state index contributed by atoms with van der Waals surface area (Å²) < 4.78 is 47.0. The number of anilines is 1. The van der Waals surface area contributed by atoms with Gasteiger partial charge in [-0.25, -0.2) is 9.59 Å². The zero-order chi connectivity index (χ0) is 20.4. The first-order valence-electron chi connectivity index (χ1n) is 7.61. The number of aromatic nitrogens is 2. The van der Waals surface area contributed by atoms with Crippen LogP contribution < -0.4 is 11.0 Å².